The molecule has 1 rings (SSSR count). The Kier molecular flexibility index (Phi) is 5.48. The van der Waals surface area contributed by atoms with Crippen LogP contribution in [0, 0.1) is 0 Å². The lowest BCUT2D eigenvalue weighted by molar-refractivity contribution is 0.0697. The fraction of sp³-hybridized carbons (Fsp3) is 0.462. The summed E-state index contributed by atoms with van der Waals surface area (Å²) in [6.45, 7) is 3.03. The van der Waals surface area contributed by atoms with Crippen LogP contribution in [0.25, 0.3) is 0 Å². The van der Waals surface area contributed by atoms with E-state index in [0.29, 0.717) is 5.56 Å². The number of hydrogen-bond acceptors (Lipinski definition) is 2. The molecule has 0 bridgehead atoms. The monoisotopic (exact) mass is 299 g/mol. The number of rotatable bonds is 6. The number of anilines is 1. The molecule has 1 aromatic rings. The van der Waals surface area contributed by atoms with Crippen LogP contribution < -0.4 is 4.90 Å². The Bertz CT molecular complexity index is 393. The fourth-order valence-electron chi connectivity index (χ4n) is 1.72. The Balaban J connectivity index is 2.86. The van der Waals surface area contributed by atoms with Crippen LogP contribution in [-0.2, 0) is 0 Å². The van der Waals surface area contributed by atoms with E-state index in [-0.39, 0.29) is 0 Å². The number of carboxylic acid groups (broad SMARTS) is 1. The lowest BCUT2D eigenvalue weighted by atomic mass is 10.1. The van der Waals surface area contributed by atoms with Gasteiger partial charge in [-0.25, -0.2) is 4.79 Å². The summed E-state index contributed by atoms with van der Waals surface area (Å²) in [5.74, 6) is -0.880. The second-order valence-corrected chi connectivity index (χ2v) is 5.01. The maximum Gasteiger partial charge on any atom is 0.337 e. The highest BCUT2D eigenvalue weighted by Crippen LogP contribution is 2.24. The van der Waals surface area contributed by atoms with Crippen LogP contribution in [0.1, 0.15) is 36.5 Å². The van der Waals surface area contributed by atoms with Crippen molar-refractivity contribution >= 4 is 27.6 Å². The largest absolute Gasteiger partial charge is 0.478 e. The van der Waals surface area contributed by atoms with Gasteiger partial charge in [0.15, 0.2) is 0 Å². The molecule has 1 N–H and O–H groups in total. The highest BCUT2D eigenvalue weighted by molar-refractivity contribution is 9.10. The van der Waals surface area contributed by atoms with Crippen molar-refractivity contribution in [3.05, 3.63) is 28.2 Å². The van der Waals surface area contributed by atoms with Crippen molar-refractivity contribution in [1.29, 1.82) is 0 Å². The third-order valence-electron chi connectivity index (χ3n) is 2.70. The van der Waals surface area contributed by atoms with Crippen LogP contribution in [0.2, 0.25) is 0 Å². The second kappa shape index (κ2) is 6.64. The molecular weight excluding hydrogens is 282 g/mol. The Labute approximate surface area is 111 Å². The lowest BCUT2D eigenvalue weighted by Crippen LogP contribution is -2.21. The molecule has 3 nitrogen and oxygen atoms in total. The summed E-state index contributed by atoms with van der Waals surface area (Å²) >= 11 is 3.38. The van der Waals surface area contributed by atoms with Gasteiger partial charge < -0.3 is 10.0 Å². The first kappa shape index (κ1) is 14.0. The quantitative estimate of drug-likeness (QED) is 0.813. The summed E-state index contributed by atoms with van der Waals surface area (Å²) in [7, 11) is 1.93. The number of aromatic carboxylic acids is 1. The molecule has 1 aromatic carbocycles. The van der Waals surface area contributed by atoms with Gasteiger partial charge in [-0.1, -0.05) is 35.7 Å². The summed E-state index contributed by atoms with van der Waals surface area (Å²) in [4.78, 5) is 13.1. The van der Waals surface area contributed by atoms with E-state index in [1.54, 1.807) is 12.1 Å². The zero-order chi connectivity index (χ0) is 12.8. The van der Waals surface area contributed by atoms with Gasteiger partial charge in [-0.15, -0.1) is 0 Å². The van der Waals surface area contributed by atoms with E-state index in [9.17, 15) is 4.79 Å². The molecule has 0 aromatic heterocycles. The molecule has 94 valence electrons. The van der Waals surface area contributed by atoms with Gasteiger partial charge in [0.05, 0.1) is 11.3 Å². The van der Waals surface area contributed by atoms with Crippen LogP contribution in [0.4, 0.5) is 5.69 Å². The molecule has 0 fully saturated rings. The molecule has 0 heterocycles. The van der Waals surface area contributed by atoms with E-state index in [4.69, 9.17) is 5.11 Å². The molecule has 0 spiro atoms. The number of benzene rings is 1. The van der Waals surface area contributed by atoms with Crippen molar-refractivity contribution in [3.63, 3.8) is 0 Å². The van der Waals surface area contributed by atoms with Gasteiger partial charge in [0.2, 0.25) is 0 Å². The van der Waals surface area contributed by atoms with E-state index in [2.05, 4.69) is 22.9 Å². The predicted octanol–water partition coefficient (Wildman–Crippen LogP) is 3.77. The average Bonchev–Trinajstić information content (AvgIpc) is 2.28. The molecule has 4 heteroatoms. The third kappa shape index (κ3) is 4.04. The molecule has 17 heavy (non-hydrogen) atoms. The minimum atomic E-state index is -0.880. The molecule has 0 unspecified atom stereocenters. The van der Waals surface area contributed by atoms with Crippen molar-refractivity contribution in [2.45, 2.75) is 26.2 Å². The molecule has 0 aliphatic carbocycles. The van der Waals surface area contributed by atoms with Gasteiger partial charge in [-0.2, -0.15) is 0 Å². The van der Waals surface area contributed by atoms with E-state index in [1.165, 1.54) is 6.42 Å². The standard InChI is InChI=1S/C13H18BrNO2/c1-3-4-5-8-15(2)12-9-10(14)6-7-11(12)13(16)17/h6-7,9H,3-5,8H2,1-2H3,(H,16,17). The summed E-state index contributed by atoms with van der Waals surface area (Å²) in [5.41, 5.74) is 1.12. The number of hydrogen-bond donors (Lipinski definition) is 1. The average molecular weight is 300 g/mol. The van der Waals surface area contributed by atoms with E-state index in [1.807, 2.05) is 18.0 Å². The number of carbonyl (C=O) groups is 1. The highest BCUT2D eigenvalue weighted by Gasteiger charge is 2.13. The number of unbranched alkanes of at least 4 members (excludes halogenated alkanes) is 2. The molecule has 0 amide bonds. The van der Waals surface area contributed by atoms with Crippen molar-refractivity contribution in [2.24, 2.45) is 0 Å². The smallest absolute Gasteiger partial charge is 0.337 e. The van der Waals surface area contributed by atoms with Crippen LogP contribution in [0.15, 0.2) is 22.7 Å². The molecule has 0 aliphatic rings. The summed E-state index contributed by atoms with van der Waals surface area (Å²) < 4.78 is 0.903. The fourth-order valence-corrected chi connectivity index (χ4v) is 2.07. The van der Waals surface area contributed by atoms with Crippen LogP contribution in [-0.4, -0.2) is 24.7 Å². The number of carboxylic acids is 1. The topological polar surface area (TPSA) is 40.5 Å². The highest BCUT2D eigenvalue weighted by atomic mass is 79.9. The summed E-state index contributed by atoms with van der Waals surface area (Å²) in [6, 6.07) is 5.25. The van der Waals surface area contributed by atoms with Gasteiger partial charge in [-0.3, -0.25) is 0 Å². The first-order valence-electron chi connectivity index (χ1n) is 5.80. The van der Waals surface area contributed by atoms with Crippen molar-refractivity contribution in [3.8, 4) is 0 Å². The van der Waals surface area contributed by atoms with Crippen LogP contribution >= 0.6 is 15.9 Å². The minimum Gasteiger partial charge on any atom is -0.478 e. The maximum atomic E-state index is 11.1. The van der Waals surface area contributed by atoms with Gasteiger partial charge >= 0.3 is 5.97 Å². The van der Waals surface area contributed by atoms with Crippen LogP contribution in [0.3, 0.4) is 0 Å². The van der Waals surface area contributed by atoms with Crippen molar-refractivity contribution < 1.29 is 9.90 Å². The zero-order valence-electron chi connectivity index (χ0n) is 10.2. The summed E-state index contributed by atoms with van der Waals surface area (Å²) in [5, 5.41) is 9.14. The lowest BCUT2D eigenvalue weighted by Gasteiger charge is -2.21. The van der Waals surface area contributed by atoms with Crippen molar-refractivity contribution in [2.75, 3.05) is 18.5 Å². The normalized spacial score (nSPS) is 10.3. The van der Waals surface area contributed by atoms with E-state index in [0.717, 1.165) is 29.5 Å². The molecular formula is C13H18BrNO2. The van der Waals surface area contributed by atoms with Gasteiger partial charge in [-0.05, 0) is 24.6 Å². The van der Waals surface area contributed by atoms with Gasteiger partial charge in [0.1, 0.15) is 0 Å². The molecule has 0 saturated carbocycles. The second-order valence-electron chi connectivity index (χ2n) is 4.10. The number of halogens is 1. The van der Waals surface area contributed by atoms with E-state index < -0.39 is 5.97 Å². The minimum absolute atomic E-state index is 0.354. The van der Waals surface area contributed by atoms with Crippen LogP contribution in [0.5, 0.6) is 0 Å². The molecule has 0 atom stereocenters. The molecule has 0 saturated heterocycles. The Morgan fingerprint density at radius 1 is 1.41 bits per heavy atom. The SMILES string of the molecule is CCCCCN(C)c1cc(Br)ccc1C(=O)O. The van der Waals surface area contributed by atoms with E-state index >= 15 is 0 Å². The van der Waals surface area contributed by atoms with Gasteiger partial charge in [0, 0.05) is 18.1 Å². The zero-order valence-corrected chi connectivity index (χ0v) is 11.8. The Morgan fingerprint density at radius 2 is 2.12 bits per heavy atom. The van der Waals surface area contributed by atoms with Gasteiger partial charge in [0.25, 0.3) is 0 Å². The summed E-state index contributed by atoms with van der Waals surface area (Å²) in [6.07, 6.45) is 3.41. The first-order valence-corrected chi connectivity index (χ1v) is 6.59. The molecule has 0 radical (unpaired) electrons. The van der Waals surface area contributed by atoms with Crippen molar-refractivity contribution in [1.82, 2.24) is 0 Å². The Hall–Kier alpha value is -1.03. The predicted molar refractivity (Wildman–Crippen MR) is 73.9 cm³/mol. The molecule has 0 aliphatic heterocycles. The maximum absolute atomic E-state index is 11.1. The Morgan fingerprint density at radius 3 is 2.71 bits per heavy atom. The number of nitrogens with zero attached hydrogens (tertiary/aromatic N) is 1. The third-order valence-corrected chi connectivity index (χ3v) is 3.19. The first-order chi connectivity index (χ1) is 8.06.